The number of rotatable bonds is 8. The number of benzene rings is 2. The third-order valence-electron chi connectivity index (χ3n) is 8.09. The average Bonchev–Trinajstić information content (AvgIpc) is 3.72. The summed E-state index contributed by atoms with van der Waals surface area (Å²) in [5.41, 5.74) is 2.73. The largest absolute Gasteiger partial charge is 0.496 e. The normalized spacial score (nSPS) is 19.9. The zero-order valence-corrected chi connectivity index (χ0v) is 25.9. The van der Waals surface area contributed by atoms with Crippen molar-refractivity contribution in [3.8, 4) is 27.6 Å². The summed E-state index contributed by atoms with van der Waals surface area (Å²) < 4.78 is 58.2. The Morgan fingerprint density at radius 1 is 1.09 bits per heavy atom. The second-order valence-electron chi connectivity index (χ2n) is 10.6. The summed E-state index contributed by atoms with van der Waals surface area (Å²) in [5, 5.41) is 1.37. The van der Waals surface area contributed by atoms with Crippen LogP contribution in [0.4, 0.5) is 15.2 Å². The van der Waals surface area contributed by atoms with Crippen LogP contribution < -0.4 is 14.4 Å². The Balaban J connectivity index is 1.26. The minimum Gasteiger partial charge on any atom is -0.496 e. The van der Waals surface area contributed by atoms with E-state index in [0.717, 1.165) is 29.1 Å². The molecule has 224 valence electrons. The standard InChI is InChI=1S/C29H29FN6O4S3/c1-39-24-8-3-5-17-13-35(14-21(17)24)43(37,38)34-22-7-4-6-20(25(22)30)26-27(23-11-12-31-28(32-23)41-2)42-29(33-26)36-18-9-10-19(36)16-40-15-18/h3-8,11-12,18-19,34H,9-10,13-16H2,1-2H3. The third-order valence-corrected chi connectivity index (χ3v) is 11.2. The number of halogens is 1. The first-order chi connectivity index (χ1) is 20.9. The summed E-state index contributed by atoms with van der Waals surface area (Å²) in [5.74, 6) is -0.0825. The molecule has 14 heteroatoms. The quantitative estimate of drug-likeness (QED) is 0.206. The molecule has 2 unspecified atom stereocenters. The molecule has 5 heterocycles. The van der Waals surface area contributed by atoms with E-state index in [-0.39, 0.29) is 36.4 Å². The number of anilines is 2. The minimum absolute atomic E-state index is 0.128. The van der Waals surface area contributed by atoms with Crippen molar-refractivity contribution in [1.82, 2.24) is 19.3 Å². The van der Waals surface area contributed by atoms with Gasteiger partial charge in [-0.2, -0.15) is 12.7 Å². The maximum absolute atomic E-state index is 16.3. The molecule has 0 amide bonds. The molecule has 2 atom stereocenters. The summed E-state index contributed by atoms with van der Waals surface area (Å²) in [4.78, 5) is 16.9. The molecular weight excluding hydrogens is 612 g/mol. The van der Waals surface area contributed by atoms with Crippen LogP contribution in [-0.4, -0.2) is 66.3 Å². The van der Waals surface area contributed by atoms with Gasteiger partial charge in [0.25, 0.3) is 0 Å². The first-order valence-electron chi connectivity index (χ1n) is 13.8. The van der Waals surface area contributed by atoms with Crippen LogP contribution >= 0.6 is 23.1 Å². The van der Waals surface area contributed by atoms with E-state index in [2.05, 4.69) is 19.6 Å². The van der Waals surface area contributed by atoms with Gasteiger partial charge in [0.2, 0.25) is 0 Å². The highest BCUT2D eigenvalue weighted by Crippen LogP contribution is 2.45. The Labute approximate surface area is 257 Å². The predicted octanol–water partition coefficient (Wildman–Crippen LogP) is 5.18. The van der Waals surface area contributed by atoms with Crippen molar-refractivity contribution in [2.24, 2.45) is 0 Å². The van der Waals surface area contributed by atoms with Crippen molar-refractivity contribution in [3.05, 3.63) is 65.6 Å². The van der Waals surface area contributed by atoms with Gasteiger partial charge in [-0.05, 0) is 48.9 Å². The molecule has 2 fully saturated rings. The fourth-order valence-corrected chi connectivity index (χ4v) is 8.72. The van der Waals surface area contributed by atoms with Crippen LogP contribution in [0.2, 0.25) is 0 Å². The molecule has 0 spiro atoms. The van der Waals surface area contributed by atoms with Gasteiger partial charge in [0.05, 0.1) is 54.4 Å². The molecule has 4 aromatic rings. The number of ether oxygens (including phenoxy) is 2. The van der Waals surface area contributed by atoms with E-state index in [9.17, 15) is 8.42 Å². The summed E-state index contributed by atoms with van der Waals surface area (Å²) in [6.07, 6.45) is 5.60. The zero-order valence-electron chi connectivity index (χ0n) is 23.5. The molecule has 7 rings (SSSR count). The SMILES string of the molecule is COc1cccc2c1CN(S(=O)(=O)Nc1cccc(-c3nc(N4C5CCC4COC5)sc3-c3ccnc(SC)n3)c1F)C2. The number of thiazole rings is 1. The second-order valence-corrected chi connectivity index (χ2v) is 14.0. The number of thioether (sulfide) groups is 1. The summed E-state index contributed by atoms with van der Waals surface area (Å²) in [7, 11) is -2.54. The Bertz CT molecular complexity index is 1790. The maximum Gasteiger partial charge on any atom is 0.302 e. The lowest BCUT2D eigenvalue weighted by Crippen LogP contribution is -2.45. The number of hydrogen-bond acceptors (Lipinski definition) is 10. The van der Waals surface area contributed by atoms with Crippen molar-refractivity contribution >= 4 is 44.1 Å². The second kappa shape index (κ2) is 11.3. The number of hydrogen-bond donors (Lipinski definition) is 1. The van der Waals surface area contributed by atoms with Gasteiger partial charge in [-0.1, -0.05) is 41.3 Å². The Morgan fingerprint density at radius 2 is 1.88 bits per heavy atom. The zero-order chi connectivity index (χ0) is 29.7. The molecule has 1 N–H and O–H groups in total. The number of fused-ring (bicyclic) bond motifs is 3. The summed E-state index contributed by atoms with van der Waals surface area (Å²) in [6, 6.07) is 12.4. The lowest BCUT2D eigenvalue weighted by Gasteiger charge is -2.34. The van der Waals surface area contributed by atoms with Crippen LogP contribution in [0, 0.1) is 5.82 Å². The molecular formula is C29H29FN6O4S3. The first kappa shape index (κ1) is 28.5. The third kappa shape index (κ3) is 5.14. The fraction of sp³-hybridized carbons (Fsp3) is 0.345. The Morgan fingerprint density at radius 3 is 2.65 bits per heavy atom. The number of nitrogens with zero attached hydrogens (tertiary/aromatic N) is 5. The van der Waals surface area contributed by atoms with Gasteiger partial charge in [-0.3, -0.25) is 4.72 Å². The van der Waals surface area contributed by atoms with E-state index in [0.29, 0.717) is 40.4 Å². The number of nitrogens with one attached hydrogen (secondary N) is 1. The monoisotopic (exact) mass is 640 g/mol. The van der Waals surface area contributed by atoms with Crippen LogP contribution in [0.15, 0.2) is 53.8 Å². The van der Waals surface area contributed by atoms with Crippen LogP contribution in [-0.2, 0) is 28.0 Å². The number of aromatic nitrogens is 3. The van der Waals surface area contributed by atoms with E-state index >= 15 is 4.39 Å². The lowest BCUT2D eigenvalue weighted by molar-refractivity contribution is 0.0906. The van der Waals surface area contributed by atoms with Gasteiger partial charge >= 0.3 is 10.2 Å². The molecule has 43 heavy (non-hydrogen) atoms. The molecule has 10 nitrogen and oxygen atoms in total. The van der Waals surface area contributed by atoms with Gasteiger partial charge in [0.15, 0.2) is 16.1 Å². The van der Waals surface area contributed by atoms with Crippen molar-refractivity contribution in [1.29, 1.82) is 0 Å². The van der Waals surface area contributed by atoms with Gasteiger partial charge in [-0.15, -0.1) is 0 Å². The molecule has 0 radical (unpaired) electrons. The van der Waals surface area contributed by atoms with Gasteiger partial charge in [0, 0.05) is 30.4 Å². The molecule has 2 bridgehead atoms. The molecule has 2 aromatic carbocycles. The smallest absolute Gasteiger partial charge is 0.302 e. The van der Waals surface area contributed by atoms with Crippen LogP contribution in [0.25, 0.3) is 21.8 Å². The van der Waals surface area contributed by atoms with E-state index in [1.165, 1.54) is 33.5 Å². The van der Waals surface area contributed by atoms with Crippen LogP contribution in [0.5, 0.6) is 5.75 Å². The summed E-state index contributed by atoms with van der Waals surface area (Å²) >= 11 is 2.88. The van der Waals surface area contributed by atoms with Crippen LogP contribution in [0.3, 0.4) is 0 Å². The highest BCUT2D eigenvalue weighted by Gasteiger charge is 2.40. The van der Waals surface area contributed by atoms with E-state index in [1.807, 2.05) is 18.4 Å². The minimum atomic E-state index is -4.09. The Kier molecular flexibility index (Phi) is 7.50. The van der Waals surface area contributed by atoms with Gasteiger partial charge < -0.3 is 14.4 Å². The van der Waals surface area contributed by atoms with E-state index in [1.54, 1.807) is 37.6 Å². The average molecular weight is 641 g/mol. The highest BCUT2D eigenvalue weighted by molar-refractivity contribution is 7.98. The van der Waals surface area contributed by atoms with Crippen molar-refractivity contribution in [2.75, 3.05) is 36.2 Å². The van der Waals surface area contributed by atoms with Gasteiger partial charge in [0.1, 0.15) is 5.75 Å². The first-order valence-corrected chi connectivity index (χ1v) is 17.3. The molecule has 0 saturated carbocycles. The summed E-state index contributed by atoms with van der Waals surface area (Å²) in [6.45, 7) is 1.55. The fourth-order valence-electron chi connectivity index (χ4n) is 6.00. The van der Waals surface area contributed by atoms with Crippen molar-refractivity contribution in [2.45, 2.75) is 43.2 Å². The molecule has 3 aliphatic heterocycles. The molecule has 2 aromatic heterocycles. The van der Waals surface area contributed by atoms with Crippen molar-refractivity contribution in [3.63, 3.8) is 0 Å². The van der Waals surface area contributed by atoms with Crippen LogP contribution in [0.1, 0.15) is 24.0 Å². The van der Waals surface area contributed by atoms with E-state index in [4.69, 9.17) is 14.5 Å². The Hall–Kier alpha value is -3.30. The topological polar surface area (TPSA) is 110 Å². The van der Waals surface area contributed by atoms with Crippen molar-refractivity contribution < 1.29 is 22.3 Å². The number of morpholine rings is 1. The molecule has 0 aliphatic carbocycles. The van der Waals surface area contributed by atoms with Gasteiger partial charge in [-0.25, -0.2) is 19.3 Å². The molecule has 2 saturated heterocycles. The molecule has 3 aliphatic rings. The van der Waals surface area contributed by atoms with E-state index < -0.39 is 16.0 Å². The number of methoxy groups -OCH3 is 1. The predicted molar refractivity (Wildman–Crippen MR) is 165 cm³/mol. The maximum atomic E-state index is 16.3. The lowest BCUT2D eigenvalue weighted by atomic mass is 10.1. The highest BCUT2D eigenvalue weighted by atomic mass is 32.2.